The summed E-state index contributed by atoms with van der Waals surface area (Å²) < 4.78 is 5.41. The van der Waals surface area contributed by atoms with E-state index in [9.17, 15) is 0 Å². The zero-order valence-corrected chi connectivity index (χ0v) is 14.2. The Morgan fingerprint density at radius 1 is 1.22 bits per heavy atom. The molecule has 0 spiro atoms. The monoisotopic (exact) mass is 308 g/mol. The molecule has 120 valence electrons. The minimum Gasteiger partial charge on any atom is -0.497 e. The highest BCUT2D eigenvalue weighted by Gasteiger charge is 2.22. The summed E-state index contributed by atoms with van der Waals surface area (Å²) in [5.74, 6) is 0.921. The van der Waals surface area contributed by atoms with Crippen LogP contribution in [0.2, 0.25) is 0 Å². The van der Waals surface area contributed by atoms with Crippen molar-refractivity contribution >= 4 is 5.71 Å². The fraction of sp³-hybridized carbons (Fsp3) is 0.400. The van der Waals surface area contributed by atoms with Crippen molar-refractivity contribution in [3.05, 3.63) is 58.9 Å². The van der Waals surface area contributed by atoms with Crippen LogP contribution >= 0.6 is 0 Å². The molecule has 0 fully saturated rings. The molecule has 0 saturated carbocycles. The van der Waals surface area contributed by atoms with Crippen LogP contribution in [0, 0.1) is 6.92 Å². The van der Waals surface area contributed by atoms with Crippen LogP contribution < -0.4 is 4.74 Å². The largest absolute Gasteiger partial charge is 0.497 e. The summed E-state index contributed by atoms with van der Waals surface area (Å²) in [6.45, 7) is 4.26. The van der Waals surface area contributed by atoms with E-state index < -0.39 is 0 Å². The molecule has 1 aromatic heterocycles. The van der Waals surface area contributed by atoms with Crippen LogP contribution in [0.3, 0.4) is 0 Å². The summed E-state index contributed by atoms with van der Waals surface area (Å²) >= 11 is 0. The molecule has 1 aliphatic heterocycles. The Bertz CT molecular complexity index is 721. The maximum Gasteiger partial charge on any atom is 0.119 e. The Morgan fingerprint density at radius 3 is 2.83 bits per heavy atom. The zero-order valence-electron chi connectivity index (χ0n) is 14.2. The van der Waals surface area contributed by atoms with Crippen LogP contribution in [-0.2, 0) is 6.42 Å². The van der Waals surface area contributed by atoms with E-state index in [0.29, 0.717) is 6.04 Å². The highest BCUT2D eigenvalue weighted by atomic mass is 16.5. The van der Waals surface area contributed by atoms with Gasteiger partial charge in [0.15, 0.2) is 0 Å². The van der Waals surface area contributed by atoms with Crippen molar-refractivity contribution in [1.29, 1.82) is 0 Å². The molecule has 2 heterocycles. The first kappa shape index (κ1) is 15.7. The number of benzene rings is 1. The van der Waals surface area contributed by atoms with Gasteiger partial charge in [-0.1, -0.05) is 19.8 Å². The number of aryl methyl sites for hydroxylation is 1. The van der Waals surface area contributed by atoms with E-state index in [1.807, 2.05) is 19.2 Å². The van der Waals surface area contributed by atoms with Crippen LogP contribution in [0.1, 0.15) is 48.6 Å². The third-order valence-corrected chi connectivity index (χ3v) is 4.40. The van der Waals surface area contributed by atoms with Crippen LogP contribution in [0.5, 0.6) is 5.75 Å². The minimum absolute atomic E-state index is 0.359. The Hall–Kier alpha value is -2.16. The van der Waals surface area contributed by atoms with E-state index in [2.05, 4.69) is 36.2 Å². The Balaban J connectivity index is 2.04. The molecule has 0 aliphatic carbocycles. The molecule has 0 N–H and O–H groups in total. The van der Waals surface area contributed by atoms with E-state index in [0.717, 1.165) is 35.6 Å². The van der Waals surface area contributed by atoms with Gasteiger partial charge in [-0.05, 0) is 55.7 Å². The quantitative estimate of drug-likeness (QED) is 0.823. The Morgan fingerprint density at radius 2 is 2.09 bits per heavy atom. The first-order chi connectivity index (χ1) is 11.2. The number of hydrogen-bond acceptors (Lipinski definition) is 3. The summed E-state index contributed by atoms with van der Waals surface area (Å²) in [7, 11) is 1.72. The molecule has 0 bridgehead atoms. The number of hydrogen-bond donors (Lipinski definition) is 0. The minimum atomic E-state index is 0.359. The third-order valence-electron chi connectivity index (χ3n) is 4.40. The lowest BCUT2D eigenvalue weighted by Crippen LogP contribution is -2.22. The average molecular weight is 308 g/mol. The van der Waals surface area contributed by atoms with Gasteiger partial charge in [0.05, 0.1) is 18.9 Å². The van der Waals surface area contributed by atoms with Gasteiger partial charge in [-0.2, -0.15) is 0 Å². The lowest BCUT2D eigenvalue weighted by Gasteiger charge is -2.24. The summed E-state index contributed by atoms with van der Waals surface area (Å²) in [5.41, 5.74) is 5.84. The van der Waals surface area contributed by atoms with Gasteiger partial charge in [-0.15, -0.1) is 0 Å². The van der Waals surface area contributed by atoms with E-state index in [4.69, 9.17) is 9.73 Å². The summed E-state index contributed by atoms with van der Waals surface area (Å²) in [4.78, 5) is 9.39. The fourth-order valence-electron chi connectivity index (χ4n) is 3.18. The number of nitrogens with zero attached hydrogens (tertiary/aromatic N) is 2. The lowest BCUT2D eigenvalue weighted by atomic mass is 9.88. The van der Waals surface area contributed by atoms with E-state index >= 15 is 0 Å². The number of methoxy groups -OCH3 is 1. The highest BCUT2D eigenvalue weighted by Crippen LogP contribution is 2.28. The second kappa shape index (κ2) is 6.95. The number of unbranched alkanes of at least 4 members (excludes halogenated alkanes) is 1. The Labute approximate surface area is 138 Å². The SMILES string of the molecule is CCCC[C@H]1Cc2cc(OC)ccc2C(c2ccnc(C)c2)=N1. The van der Waals surface area contributed by atoms with Crippen LogP contribution in [0.4, 0.5) is 0 Å². The molecule has 23 heavy (non-hydrogen) atoms. The maximum atomic E-state index is 5.41. The molecule has 3 heteroatoms. The number of fused-ring (bicyclic) bond motifs is 1. The van der Waals surface area contributed by atoms with E-state index in [1.54, 1.807) is 7.11 Å². The van der Waals surface area contributed by atoms with Crippen molar-refractivity contribution in [2.45, 2.75) is 45.6 Å². The molecule has 1 aliphatic rings. The molecule has 3 nitrogen and oxygen atoms in total. The molecule has 0 amide bonds. The van der Waals surface area contributed by atoms with E-state index in [1.165, 1.54) is 24.0 Å². The third kappa shape index (κ3) is 3.44. The molecule has 1 aromatic carbocycles. The van der Waals surface area contributed by atoms with E-state index in [-0.39, 0.29) is 0 Å². The van der Waals surface area contributed by atoms with Gasteiger partial charge in [0.1, 0.15) is 5.75 Å². The van der Waals surface area contributed by atoms with Crippen LogP contribution in [0.15, 0.2) is 41.5 Å². The summed E-state index contributed by atoms with van der Waals surface area (Å²) in [6.07, 6.45) is 6.43. The molecule has 0 radical (unpaired) electrons. The molecule has 0 saturated heterocycles. The van der Waals surface area contributed by atoms with Crippen molar-refractivity contribution in [2.24, 2.45) is 4.99 Å². The predicted octanol–water partition coefficient (Wildman–Crippen LogP) is 4.35. The molecular weight excluding hydrogens is 284 g/mol. The van der Waals surface area contributed by atoms with Gasteiger partial charge in [0.2, 0.25) is 0 Å². The predicted molar refractivity (Wildman–Crippen MR) is 94.6 cm³/mol. The number of rotatable bonds is 5. The van der Waals surface area contributed by atoms with Gasteiger partial charge in [0.25, 0.3) is 0 Å². The fourth-order valence-corrected chi connectivity index (χ4v) is 3.18. The van der Waals surface area contributed by atoms with Gasteiger partial charge in [-0.25, -0.2) is 0 Å². The first-order valence-electron chi connectivity index (χ1n) is 8.39. The topological polar surface area (TPSA) is 34.5 Å². The average Bonchev–Trinajstić information content (AvgIpc) is 2.58. The van der Waals surface area contributed by atoms with Crippen LogP contribution in [0.25, 0.3) is 0 Å². The number of ether oxygens (including phenoxy) is 1. The number of aromatic nitrogens is 1. The molecule has 1 atom stereocenters. The van der Waals surface area contributed by atoms with Crippen molar-refractivity contribution in [3.8, 4) is 5.75 Å². The lowest BCUT2D eigenvalue weighted by molar-refractivity contribution is 0.414. The smallest absolute Gasteiger partial charge is 0.119 e. The summed E-state index contributed by atoms with van der Waals surface area (Å²) in [5, 5.41) is 0. The van der Waals surface area contributed by atoms with Gasteiger partial charge in [-0.3, -0.25) is 9.98 Å². The second-order valence-corrected chi connectivity index (χ2v) is 6.19. The number of pyridine rings is 1. The zero-order chi connectivity index (χ0) is 16.2. The van der Waals surface area contributed by atoms with Crippen molar-refractivity contribution in [3.63, 3.8) is 0 Å². The summed E-state index contributed by atoms with van der Waals surface area (Å²) in [6, 6.07) is 10.9. The normalized spacial score (nSPS) is 16.7. The maximum absolute atomic E-state index is 5.41. The van der Waals surface area contributed by atoms with Crippen molar-refractivity contribution in [1.82, 2.24) is 4.98 Å². The van der Waals surface area contributed by atoms with Gasteiger partial charge in [0, 0.05) is 23.0 Å². The van der Waals surface area contributed by atoms with Crippen molar-refractivity contribution < 1.29 is 4.74 Å². The van der Waals surface area contributed by atoms with Crippen molar-refractivity contribution in [2.75, 3.05) is 7.11 Å². The molecule has 3 rings (SSSR count). The standard InChI is InChI=1S/C20H24N2O/c1-4-5-6-17-12-16-13-18(23-3)7-8-19(16)20(22-17)15-9-10-21-14(2)11-15/h7-11,13,17H,4-6,12H2,1-3H3/t17-/m0/s1. The Kier molecular flexibility index (Phi) is 4.75. The molecule has 2 aromatic rings. The van der Waals surface area contributed by atoms with Gasteiger partial charge < -0.3 is 4.74 Å². The molecular formula is C20H24N2O. The van der Waals surface area contributed by atoms with Crippen LogP contribution in [-0.4, -0.2) is 23.8 Å². The van der Waals surface area contributed by atoms with Gasteiger partial charge >= 0.3 is 0 Å². The highest BCUT2D eigenvalue weighted by molar-refractivity contribution is 6.14. The second-order valence-electron chi connectivity index (χ2n) is 6.19. The first-order valence-corrected chi connectivity index (χ1v) is 8.39. The molecule has 0 unspecified atom stereocenters. The number of aliphatic imine (C=N–C) groups is 1.